The lowest BCUT2D eigenvalue weighted by Gasteiger charge is -2.23. The Balaban J connectivity index is 1.49. The molecule has 0 aromatic carbocycles. The van der Waals surface area contributed by atoms with Gasteiger partial charge in [-0.3, -0.25) is 0 Å². The Morgan fingerprint density at radius 3 is 2.35 bits per heavy atom. The molecule has 0 bridgehead atoms. The van der Waals surface area contributed by atoms with Gasteiger partial charge in [0.1, 0.15) is 0 Å². The van der Waals surface area contributed by atoms with Crippen LogP contribution in [0.25, 0.3) is 0 Å². The van der Waals surface area contributed by atoms with Crippen molar-refractivity contribution >= 4 is 0 Å². The highest BCUT2D eigenvalue weighted by molar-refractivity contribution is 4.69. The maximum Gasteiger partial charge on any atom is 0.0494 e. The lowest BCUT2D eigenvalue weighted by molar-refractivity contribution is 0.0809. The number of ether oxygens (including phenoxy) is 1. The molecule has 1 atom stereocenters. The summed E-state index contributed by atoms with van der Waals surface area (Å²) in [4.78, 5) is 0. The van der Waals surface area contributed by atoms with E-state index in [4.69, 9.17) is 4.74 Å². The third-order valence-corrected chi connectivity index (χ3v) is 4.40. The van der Waals surface area contributed by atoms with Gasteiger partial charge in [0.2, 0.25) is 0 Å². The van der Waals surface area contributed by atoms with E-state index in [2.05, 4.69) is 5.32 Å². The maximum absolute atomic E-state index is 5.90. The second-order valence-electron chi connectivity index (χ2n) is 5.93. The second-order valence-corrected chi connectivity index (χ2v) is 5.93. The molecule has 1 saturated carbocycles. The average Bonchev–Trinajstić information content (AvgIpc) is 2.65. The predicted molar refractivity (Wildman–Crippen MR) is 72.2 cm³/mol. The van der Waals surface area contributed by atoms with Crippen LogP contribution in [0, 0.1) is 11.8 Å². The molecule has 2 rings (SSSR count). The highest BCUT2D eigenvalue weighted by Gasteiger charge is 2.14. The van der Waals surface area contributed by atoms with Crippen LogP contribution in [0.5, 0.6) is 0 Å². The monoisotopic (exact) mass is 239 g/mol. The number of rotatable bonds is 5. The van der Waals surface area contributed by atoms with Gasteiger partial charge in [-0.05, 0) is 57.0 Å². The van der Waals surface area contributed by atoms with E-state index in [0.717, 1.165) is 25.0 Å². The van der Waals surface area contributed by atoms with Crippen molar-refractivity contribution in [2.45, 2.75) is 57.8 Å². The zero-order valence-electron chi connectivity index (χ0n) is 11.3. The van der Waals surface area contributed by atoms with Crippen LogP contribution < -0.4 is 5.32 Å². The quantitative estimate of drug-likeness (QED) is 0.587. The summed E-state index contributed by atoms with van der Waals surface area (Å²) in [6, 6.07) is 0. The first kappa shape index (κ1) is 13.4. The van der Waals surface area contributed by atoms with Crippen LogP contribution in [0.15, 0.2) is 0 Å². The first-order chi connectivity index (χ1) is 8.45. The lowest BCUT2D eigenvalue weighted by Crippen LogP contribution is -2.30. The molecular formula is C15H29NO. The summed E-state index contributed by atoms with van der Waals surface area (Å²) < 4.78 is 5.90. The highest BCUT2D eigenvalue weighted by atomic mass is 16.5. The molecule has 2 heteroatoms. The lowest BCUT2D eigenvalue weighted by atomic mass is 9.97. The molecule has 0 amide bonds. The number of hydrogen-bond donors (Lipinski definition) is 1. The van der Waals surface area contributed by atoms with Crippen molar-refractivity contribution in [1.29, 1.82) is 0 Å². The van der Waals surface area contributed by atoms with Crippen LogP contribution in [-0.4, -0.2) is 26.3 Å². The third kappa shape index (κ3) is 5.39. The Morgan fingerprint density at radius 2 is 1.65 bits per heavy atom. The van der Waals surface area contributed by atoms with Crippen LogP contribution in [0.4, 0.5) is 0 Å². The highest BCUT2D eigenvalue weighted by Crippen LogP contribution is 2.23. The molecule has 2 aliphatic rings. The number of nitrogens with one attached hydrogen (secondary N) is 1. The zero-order valence-corrected chi connectivity index (χ0v) is 11.3. The van der Waals surface area contributed by atoms with E-state index in [1.165, 1.54) is 70.9 Å². The Kier molecular flexibility index (Phi) is 6.36. The van der Waals surface area contributed by atoms with Crippen LogP contribution in [-0.2, 0) is 4.74 Å². The van der Waals surface area contributed by atoms with Crippen LogP contribution in [0.2, 0.25) is 0 Å². The van der Waals surface area contributed by atoms with Gasteiger partial charge in [0.25, 0.3) is 0 Å². The molecule has 1 unspecified atom stereocenters. The van der Waals surface area contributed by atoms with Crippen molar-refractivity contribution < 1.29 is 4.74 Å². The van der Waals surface area contributed by atoms with E-state index in [1.54, 1.807) is 0 Å². The van der Waals surface area contributed by atoms with Crippen molar-refractivity contribution in [3.05, 3.63) is 0 Å². The van der Waals surface area contributed by atoms with Gasteiger partial charge in [-0.1, -0.05) is 25.7 Å². The minimum Gasteiger partial charge on any atom is -0.381 e. The topological polar surface area (TPSA) is 21.3 Å². The van der Waals surface area contributed by atoms with E-state index in [9.17, 15) is 0 Å². The van der Waals surface area contributed by atoms with Gasteiger partial charge in [-0.15, -0.1) is 0 Å². The normalized spacial score (nSPS) is 27.9. The fraction of sp³-hybridized carbons (Fsp3) is 1.00. The standard InChI is InChI=1S/C15H29NO/c1-2-4-7-15(6-3-1)13-17-11-9-14-8-5-10-16-12-14/h14-16H,1-13H2. The van der Waals surface area contributed by atoms with Crippen LogP contribution >= 0.6 is 0 Å². The fourth-order valence-corrected chi connectivity index (χ4v) is 3.20. The largest absolute Gasteiger partial charge is 0.381 e. The van der Waals surface area contributed by atoms with E-state index in [1.807, 2.05) is 0 Å². The number of piperidine rings is 1. The average molecular weight is 239 g/mol. The summed E-state index contributed by atoms with van der Waals surface area (Å²) in [5, 5.41) is 3.48. The van der Waals surface area contributed by atoms with Crippen molar-refractivity contribution in [3.63, 3.8) is 0 Å². The molecule has 1 N–H and O–H groups in total. The molecule has 1 heterocycles. The van der Waals surface area contributed by atoms with Crippen molar-refractivity contribution in [2.24, 2.45) is 11.8 Å². The Labute approximate surface area is 107 Å². The maximum atomic E-state index is 5.90. The molecule has 2 nitrogen and oxygen atoms in total. The summed E-state index contributed by atoms with van der Waals surface area (Å²) in [7, 11) is 0. The molecular weight excluding hydrogens is 210 g/mol. The van der Waals surface area contributed by atoms with Crippen molar-refractivity contribution in [3.8, 4) is 0 Å². The molecule has 0 radical (unpaired) electrons. The second kappa shape index (κ2) is 8.10. The van der Waals surface area contributed by atoms with E-state index < -0.39 is 0 Å². The Hall–Kier alpha value is -0.0800. The SMILES string of the molecule is C1CCCC(COCCC2CCCNC2)CC1. The van der Waals surface area contributed by atoms with Gasteiger partial charge in [0, 0.05) is 13.2 Å². The Bertz CT molecular complexity index is 181. The van der Waals surface area contributed by atoms with Gasteiger partial charge in [0.05, 0.1) is 0 Å². The Morgan fingerprint density at radius 1 is 0.882 bits per heavy atom. The first-order valence-corrected chi connectivity index (χ1v) is 7.73. The van der Waals surface area contributed by atoms with Crippen LogP contribution in [0.3, 0.4) is 0 Å². The molecule has 1 aliphatic heterocycles. The molecule has 1 aliphatic carbocycles. The van der Waals surface area contributed by atoms with Gasteiger partial charge in [-0.2, -0.15) is 0 Å². The summed E-state index contributed by atoms with van der Waals surface area (Å²) in [6.45, 7) is 4.45. The molecule has 100 valence electrons. The smallest absolute Gasteiger partial charge is 0.0494 e. The van der Waals surface area contributed by atoms with Crippen LogP contribution in [0.1, 0.15) is 57.8 Å². The van der Waals surface area contributed by atoms with Gasteiger partial charge >= 0.3 is 0 Å². The molecule has 2 fully saturated rings. The summed E-state index contributed by atoms with van der Waals surface area (Å²) >= 11 is 0. The minimum absolute atomic E-state index is 0.863. The van der Waals surface area contributed by atoms with E-state index >= 15 is 0 Å². The molecule has 0 aromatic rings. The van der Waals surface area contributed by atoms with E-state index in [-0.39, 0.29) is 0 Å². The molecule has 17 heavy (non-hydrogen) atoms. The fourth-order valence-electron chi connectivity index (χ4n) is 3.20. The summed E-state index contributed by atoms with van der Waals surface area (Å²) in [5.41, 5.74) is 0. The third-order valence-electron chi connectivity index (χ3n) is 4.40. The van der Waals surface area contributed by atoms with Gasteiger partial charge < -0.3 is 10.1 Å². The molecule has 0 spiro atoms. The van der Waals surface area contributed by atoms with Gasteiger partial charge in [-0.25, -0.2) is 0 Å². The predicted octanol–water partition coefficient (Wildman–Crippen LogP) is 3.36. The molecule has 0 aromatic heterocycles. The van der Waals surface area contributed by atoms with Gasteiger partial charge in [0.15, 0.2) is 0 Å². The zero-order chi connectivity index (χ0) is 11.8. The molecule has 1 saturated heterocycles. The van der Waals surface area contributed by atoms with Crippen molar-refractivity contribution in [1.82, 2.24) is 5.32 Å². The van der Waals surface area contributed by atoms with Crippen molar-refractivity contribution in [2.75, 3.05) is 26.3 Å². The van der Waals surface area contributed by atoms with E-state index in [0.29, 0.717) is 0 Å². The number of hydrogen-bond acceptors (Lipinski definition) is 2. The minimum atomic E-state index is 0.863. The first-order valence-electron chi connectivity index (χ1n) is 7.73. The summed E-state index contributed by atoms with van der Waals surface area (Å²) in [5.74, 6) is 1.74. The summed E-state index contributed by atoms with van der Waals surface area (Å²) in [6.07, 6.45) is 12.6.